The highest BCUT2D eigenvalue weighted by atomic mass is 16.5. The maximum Gasteiger partial charge on any atom is 0.343 e. The first kappa shape index (κ1) is 24.8. The van der Waals surface area contributed by atoms with Crippen LogP contribution in [0.25, 0.3) is 16.7 Å². The molecule has 4 rings (SSSR count). The molecule has 0 bridgehead atoms. The number of ether oxygens (including phenoxy) is 1. The van der Waals surface area contributed by atoms with Crippen molar-refractivity contribution in [2.45, 2.75) is 48.1 Å². The van der Waals surface area contributed by atoms with Crippen molar-refractivity contribution < 1.29 is 14.3 Å². The van der Waals surface area contributed by atoms with Crippen LogP contribution in [0.1, 0.15) is 45.4 Å². The average Bonchev–Trinajstić information content (AvgIpc) is 3.20. The third-order valence-electron chi connectivity index (χ3n) is 6.04. The number of carbonyl (C=O) groups is 2. The molecule has 186 valence electrons. The van der Waals surface area contributed by atoms with E-state index in [1.165, 1.54) is 23.0 Å². The minimum atomic E-state index is -0.598. The van der Waals surface area contributed by atoms with Crippen molar-refractivity contribution in [2.24, 2.45) is 0 Å². The van der Waals surface area contributed by atoms with E-state index in [4.69, 9.17) is 9.72 Å². The second-order valence-electron chi connectivity index (χ2n) is 8.92. The van der Waals surface area contributed by atoms with E-state index >= 15 is 0 Å². The van der Waals surface area contributed by atoms with Crippen molar-refractivity contribution in [3.05, 3.63) is 80.4 Å². The van der Waals surface area contributed by atoms with Gasteiger partial charge < -0.3 is 14.6 Å². The van der Waals surface area contributed by atoms with E-state index in [-0.39, 0.29) is 35.9 Å². The Labute approximate surface area is 208 Å². The van der Waals surface area contributed by atoms with Crippen LogP contribution in [0.4, 0.5) is 5.82 Å². The Balaban J connectivity index is 1.79. The maximum atomic E-state index is 13.1. The first-order chi connectivity index (χ1) is 17.1. The molecule has 9 heteroatoms. The molecule has 0 aliphatic rings. The van der Waals surface area contributed by atoms with E-state index < -0.39 is 5.97 Å². The average molecular weight is 488 g/mol. The van der Waals surface area contributed by atoms with Crippen LogP contribution in [0, 0.1) is 34.6 Å². The van der Waals surface area contributed by atoms with E-state index in [9.17, 15) is 14.4 Å². The molecule has 0 radical (unpaired) electrons. The quantitative estimate of drug-likeness (QED) is 0.413. The molecule has 0 spiro atoms. The van der Waals surface area contributed by atoms with Crippen LogP contribution in [-0.2, 0) is 16.1 Å². The fourth-order valence-electron chi connectivity index (χ4n) is 4.39. The minimum absolute atomic E-state index is 0.0477. The van der Waals surface area contributed by atoms with Gasteiger partial charge in [-0.25, -0.2) is 9.78 Å². The van der Waals surface area contributed by atoms with Crippen LogP contribution in [0.3, 0.4) is 0 Å². The summed E-state index contributed by atoms with van der Waals surface area (Å²) in [6.45, 7) is 11.4. The highest BCUT2D eigenvalue weighted by molar-refractivity contribution is 6.00. The Bertz CT molecular complexity index is 1540. The van der Waals surface area contributed by atoms with Gasteiger partial charge in [0, 0.05) is 28.9 Å². The molecule has 1 amide bonds. The maximum absolute atomic E-state index is 13.1. The number of benzene rings is 1. The molecule has 1 N–H and O–H groups in total. The first-order valence-corrected chi connectivity index (χ1v) is 11.7. The molecule has 0 aliphatic heterocycles. The van der Waals surface area contributed by atoms with Crippen LogP contribution < -0.4 is 10.7 Å². The number of pyridine rings is 2. The number of aryl methyl sites for hydroxylation is 5. The van der Waals surface area contributed by atoms with Crippen molar-refractivity contribution in [1.29, 1.82) is 0 Å². The number of hydrogen-bond donors (Lipinski definition) is 1. The van der Waals surface area contributed by atoms with Crippen molar-refractivity contribution in [3.8, 4) is 5.82 Å². The van der Waals surface area contributed by atoms with Gasteiger partial charge in [0.1, 0.15) is 12.1 Å². The number of amides is 1. The molecule has 0 saturated carbocycles. The second kappa shape index (κ2) is 9.77. The summed E-state index contributed by atoms with van der Waals surface area (Å²) in [7, 11) is 0. The van der Waals surface area contributed by atoms with Crippen molar-refractivity contribution >= 4 is 28.6 Å². The van der Waals surface area contributed by atoms with Gasteiger partial charge in [0.2, 0.25) is 5.91 Å². The smallest absolute Gasteiger partial charge is 0.343 e. The molecule has 4 aromatic rings. The summed E-state index contributed by atoms with van der Waals surface area (Å²) in [5.74, 6) is -0.347. The summed E-state index contributed by atoms with van der Waals surface area (Å²) >= 11 is 0. The standard InChI is InChI=1S/C27H29N5O4/c1-7-36-27(35)22-13-28-32(23-10-16(3)21-9-15(2)8-17(4)25(21)29-23)26(22)30-24(34)14-31-18(5)11-20(33)12-19(31)6/h8-13H,7,14H2,1-6H3,(H,30,34). The van der Waals surface area contributed by atoms with Gasteiger partial charge in [-0.3, -0.25) is 9.59 Å². The van der Waals surface area contributed by atoms with Gasteiger partial charge in [-0.2, -0.15) is 9.78 Å². The predicted molar refractivity (Wildman–Crippen MR) is 138 cm³/mol. The lowest BCUT2D eigenvalue weighted by Crippen LogP contribution is -2.25. The van der Waals surface area contributed by atoms with E-state index in [1.54, 1.807) is 25.3 Å². The van der Waals surface area contributed by atoms with Crippen LogP contribution in [0.15, 0.2) is 41.3 Å². The number of anilines is 1. The topological polar surface area (TPSA) is 108 Å². The molecule has 3 heterocycles. The van der Waals surface area contributed by atoms with Gasteiger partial charge in [0.15, 0.2) is 17.1 Å². The molecule has 36 heavy (non-hydrogen) atoms. The summed E-state index contributed by atoms with van der Waals surface area (Å²) in [6, 6.07) is 8.96. The number of nitrogens with zero attached hydrogens (tertiary/aromatic N) is 4. The van der Waals surface area contributed by atoms with Crippen LogP contribution in [-0.4, -0.2) is 37.8 Å². The van der Waals surface area contributed by atoms with Crippen LogP contribution >= 0.6 is 0 Å². The zero-order valence-corrected chi connectivity index (χ0v) is 21.3. The lowest BCUT2D eigenvalue weighted by atomic mass is 10.0. The van der Waals surface area contributed by atoms with Gasteiger partial charge in [-0.1, -0.05) is 11.6 Å². The van der Waals surface area contributed by atoms with E-state index in [0.29, 0.717) is 17.2 Å². The number of nitrogens with one attached hydrogen (secondary N) is 1. The molecular weight excluding hydrogens is 458 g/mol. The Morgan fingerprint density at radius 1 is 0.972 bits per heavy atom. The number of aromatic nitrogens is 4. The monoisotopic (exact) mass is 487 g/mol. The molecule has 0 unspecified atom stereocenters. The Hall–Kier alpha value is -4.27. The number of hydrogen-bond acceptors (Lipinski definition) is 6. The minimum Gasteiger partial charge on any atom is -0.462 e. The highest BCUT2D eigenvalue weighted by Crippen LogP contribution is 2.27. The van der Waals surface area contributed by atoms with Crippen LogP contribution in [0.5, 0.6) is 0 Å². The zero-order chi connectivity index (χ0) is 26.1. The van der Waals surface area contributed by atoms with Crippen molar-refractivity contribution in [3.63, 3.8) is 0 Å². The largest absolute Gasteiger partial charge is 0.462 e. The SMILES string of the molecule is CCOC(=O)c1cnn(-c2cc(C)c3cc(C)cc(C)c3n2)c1NC(=O)Cn1c(C)cc(=O)cc1C. The van der Waals surface area contributed by atoms with Crippen LogP contribution in [0.2, 0.25) is 0 Å². The molecule has 0 atom stereocenters. The normalized spacial score (nSPS) is 11.1. The molecular formula is C27H29N5O4. The van der Waals surface area contributed by atoms with E-state index in [1.807, 2.05) is 26.8 Å². The highest BCUT2D eigenvalue weighted by Gasteiger charge is 2.23. The molecule has 0 saturated heterocycles. The van der Waals surface area contributed by atoms with Gasteiger partial charge >= 0.3 is 5.97 Å². The molecule has 0 aliphatic carbocycles. The first-order valence-electron chi connectivity index (χ1n) is 11.7. The number of carbonyl (C=O) groups excluding carboxylic acids is 2. The Morgan fingerprint density at radius 3 is 2.33 bits per heavy atom. The molecule has 1 aromatic carbocycles. The van der Waals surface area contributed by atoms with E-state index in [2.05, 4.69) is 22.5 Å². The second-order valence-corrected chi connectivity index (χ2v) is 8.92. The summed E-state index contributed by atoms with van der Waals surface area (Å²) in [5, 5.41) is 8.24. The van der Waals surface area contributed by atoms with Gasteiger partial charge in [-0.15, -0.1) is 0 Å². The summed E-state index contributed by atoms with van der Waals surface area (Å²) in [5.41, 5.74) is 5.29. The molecule has 0 fully saturated rings. The zero-order valence-electron chi connectivity index (χ0n) is 21.3. The Kier molecular flexibility index (Phi) is 6.74. The lowest BCUT2D eigenvalue weighted by molar-refractivity contribution is -0.116. The number of fused-ring (bicyclic) bond motifs is 1. The third kappa shape index (κ3) is 4.77. The molecule has 3 aromatic heterocycles. The number of rotatable bonds is 6. The summed E-state index contributed by atoms with van der Waals surface area (Å²) in [6.07, 6.45) is 1.37. The van der Waals surface area contributed by atoms with Gasteiger partial charge in [-0.05, 0) is 64.8 Å². The summed E-state index contributed by atoms with van der Waals surface area (Å²) in [4.78, 5) is 42.4. The fraction of sp³-hybridized carbons (Fsp3) is 0.296. The van der Waals surface area contributed by atoms with Gasteiger partial charge in [0.25, 0.3) is 0 Å². The fourth-order valence-corrected chi connectivity index (χ4v) is 4.39. The van der Waals surface area contributed by atoms with Gasteiger partial charge in [0.05, 0.1) is 18.3 Å². The third-order valence-corrected chi connectivity index (χ3v) is 6.04. The van der Waals surface area contributed by atoms with Crippen molar-refractivity contribution in [2.75, 3.05) is 11.9 Å². The Morgan fingerprint density at radius 2 is 1.67 bits per heavy atom. The molecule has 9 nitrogen and oxygen atoms in total. The van der Waals surface area contributed by atoms with Crippen molar-refractivity contribution in [1.82, 2.24) is 19.3 Å². The number of esters is 1. The lowest BCUT2D eigenvalue weighted by Gasteiger charge is -2.16. The summed E-state index contributed by atoms with van der Waals surface area (Å²) < 4.78 is 8.36. The predicted octanol–water partition coefficient (Wildman–Crippen LogP) is 3.94. The van der Waals surface area contributed by atoms with E-state index in [0.717, 1.165) is 27.6 Å².